The molecule has 2 heterocycles. The van der Waals surface area contributed by atoms with Crippen LogP contribution in [0.2, 0.25) is 0 Å². The van der Waals surface area contributed by atoms with Gasteiger partial charge in [-0.3, -0.25) is 14.9 Å². The summed E-state index contributed by atoms with van der Waals surface area (Å²) in [6.07, 6.45) is 6.03. The third kappa shape index (κ3) is 3.74. The number of hydrogen-bond acceptors (Lipinski definition) is 4. The van der Waals surface area contributed by atoms with Crippen LogP contribution < -0.4 is 10.1 Å². The number of carbonyl (C=O) groups is 1. The van der Waals surface area contributed by atoms with Gasteiger partial charge >= 0.3 is 0 Å². The number of nitrogens with zero attached hydrogens (tertiary/aromatic N) is 2. The molecule has 0 fully saturated rings. The van der Waals surface area contributed by atoms with E-state index in [4.69, 9.17) is 4.74 Å². The van der Waals surface area contributed by atoms with Crippen LogP contribution >= 0.6 is 0 Å². The highest BCUT2D eigenvalue weighted by atomic mass is 16.5. The van der Waals surface area contributed by atoms with Gasteiger partial charge in [0.2, 0.25) is 5.91 Å². The number of aromatic nitrogens is 3. The Bertz CT molecular complexity index is 892. The van der Waals surface area contributed by atoms with Crippen molar-refractivity contribution >= 4 is 11.6 Å². The number of rotatable bonds is 5. The summed E-state index contributed by atoms with van der Waals surface area (Å²) in [7, 11) is 0. The van der Waals surface area contributed by atoms with Crippen molar-refractivity contribution in [3.63, 3.8) is 0 Å². The Morgan fingerprint density at radius 2 is 2.23 bits per heavy atom. The van der Waals surface area contributed by atoms with Crippen LogP contribution in [0.5, 0.6) is 5.75 Å². The summed E-state index contributed by atoms with van der Waals surface area (Å²) in [6, 6.07) is 13.2. The molecule has 1 aliphatic rings. The van der Waals surface area contributed by atoms with E-state index in [2.05, 4.69) is 20.5 Å². The van der Waals surface area contributed by atoms with Crippen LogP contribution in [-0.2, 0) is 24.2 Å². The topological polar surface area (TPSA) is 79.9 Å². The van der Waals surface area contributed by atoms with E-state index >= 15 is 0 Å². The smallest absolute Gasteiger partial charge is 0.227 e. The van der Waals surface area contributed by atoms with Gasteiger partial charge in [0.05, 0.1) is 11.9 Å². The predicted molar refractivity (Wildman–Crippen MR) is 97.7 cm³/mol. The first-order valence-electron chi connectivity index (χ1n) is 8.73. The van der Waals surface area contributed by atoms with Crippen molar-refractivity contribution < 1.29 is 9.53 Å². The molecule has 0 unspecified atom stereocenters. The third-order valence-corrected chi connectivity index (χ3v) is 4.61. The minimum atomic E-state index is -0.0407. The summed E-state index contributed by atoms with van der Waals surface area (Å²) >= 11 is 0. The van der Waals surface area contributed by atoms with Gasteiger partial charge in [0.15, 0.2) is 0 Å². The lowest BCUT2D eigenvalue weighted by atomic mass is 9.87. The zero-order valence-electron chi connectivity index (χ0n) is 14.3. The number of anilines is 1. The SMILES string of the molecule is O=C(Nc1cccc(OCc2ccccn2)c1)[C@H]1CCc2cn[nH]c2C1. The lowest BCUT2D eigenvalue weighted by Gasteiger charge is -2.21. The molecule has 0 saturated heterocycles. The summed E-state index contributed by atoms with van der Waals surface area (Å²) in [6.45, 7) is 0.392. The number of aryl methyl sites for hydroxylation is 1. The fourth-order valence-corrected chi connectivity index (χ4v) is 3.18. The molecule has 26 heavy (non-hydrogen) atoms. The minimum Gasteiger partial charge on any atom is -0.487 e. The molecule has 2 N–H and O–H groups in total. The number of hydrogen-bond donors (Lipinski definition) is 2. The Morgan fingerprint density at radius 3 is 3.12 bits per heavy atom. The third-order valence-electron chi connectivity index (χ3n) is 4.61. The Balaban J connectivity index is 1.37. The van der Waals surface area contributed by atoms with Crippen molar-refractivity contribution in [2.45, 2.75) is 25.9 Å². The van der Waals surface area contributed by atoms with Gasteiger partial charge in [-0.25, -0.2) is 0 Å². The lowest BCUT2D eigenvalue weighted by Crippen LogP contribution is -2.28. The molecule has 6 heteroatoms. The van der Waals surface area contributed by atoms with Gasteiger partial charge in [-0.15, -0.1) is 0 Å². The average Bonchev–Trinajstić information content (AvgIpc) is 3.15. The summed E-state index contributed by atoms with van der Waals surface area (Å²) in [5.74, 6) is 0.695. The number of H-pyrrole nitrogens is 1. The Hall–Kier alpha value is -3.15. The van der Waals surface area contributed by atoms with Crippen molar-refractivity contribution in [3.8, 4) is 5.75 Å². The summed E-state index contributed by atoms with van der Waals surface area (Å²) in [5.41, 5.74) is 3.89. The van der Waals surface area contributed by atoms with Crippen LogP contribution in [0.15, 0.2) is 54.9 Å². The molecular weight excluding hydrogens is 328 g/mol. The van der Waals surface area contributed by atoms with Crippen LogP contribution in [0.25, 0.3) is 0 Å². The summed E-state index contributed by atoms with van der Waals surface area (Å²) in [5, 5.41) is 10.1. The maximum Gasteiger partial charge on any atom is 0.227 e. The van der Waals surface area contributed by atoms with Gasteiger partial charge in [0.1, 0.15) is 12.4 Å². The van der Waals surface area contributed by atoms with E-state index in [1.54, 1.807) is 6.20 Å². The highest BCUT2D eigenvalue weighted by molar-refractivity contribution is 5.93. The first-order valence-corrected chi connectivity index (χ1v) is 8.73. The van der Waals surface area contributed by atoms with Crippen molar-refractivity contribution in [1.29, 1.82) is 0 Å². The first-order chi connectivity index (χ1) is 12.8. The maximum absolute atomic E-state index is 12.6. The van der Waals surface area contributed by atoms with E-state index in [0.29, 0.717) is 18.8 Å². The van der Waals surface area contributed by atoms with Gasteiger partial charge in [-0.05, 0) is 42.7 Å². The van der Waals surface area contributed by atoms with Gasteiger partial charge in [-0.1, -0.05) is 12.1 Å². The molecule has 0 bridgehead atoms. The molecule has 132 valence electrons. The molecule has 1 atom stereocenters. The Morgan fingerprint density at radius 1 is 1.27 bits per heavy atom. The molecule has 2 aromatic heterocycles. The van der Waals surface area contributed by atoms with Crippen LogP contribution in [0, 0.1) is 5.92 Å². The van der Waals surface area contributed by atoms with E-state index in [1.165, 1.54) is 5.56 Å². The molecule has 0 saturated carbocycles. The highest BCUT2D eigenvalue weighted by Gasteiger charge is 2.25. The highest BCUT2D eigenvalue weighted by Crippen LogP contribution is 2.25. The number of fused-ring (bicyclic) bond motifs is 1. The normalized spacial score (nSPS) is 15.9. The second-order valence-corrected chi connectivity index (χ2v) is 6.44. The number of pyridine rings is 1. The number of benzene rings is 1. The molecule has 0 spiro atoms. The molecule has 1 aliphatic carbocycles. The monoisotopic (exact) mass is 348 g/mol. The number of amides is 1. The fourth-order valence-electron chi connectivity index (χ4n) is 3.18. The maximum atomic E-state index is 12.6. The Kier molecular flexibility index (Phi) is 4.64. The van der Waals surface area contributed by atoms with E-state index in [0.717, 1.165) is 29.9 Å². The van der Waals surface area contributed by atoms with Crippen molar-refractivity contribution in [1.82, 2.24) is 15.2 Å². The van der Waals surface area contributed by atoms with Crippen LogP contribution in [0.1, 0.15) is 23.4 Å². The van der Waals surface area contributed by atoms with E-state index < -0.39 is 0 Å². The van der Waals surface area contributed by atoms with Crippen molar-refractivity contribution in [2.75, 3.05) is 5.32 Å². The fraction of sp³-hybridized carbons (Fsp3) is 0.250. The molecule has 0 aliphatic heterocycles. The lowest BCUT2D eigenvalue weighted by molar-refractivity contribution is -0.120. The molecular formula is C20H20N4O2. The number of nitrogens with one attached hydrogen (secondary N) is 2. The zero-order valence-corrected chi connectivity index (χ0v) is 14.3. The Labute approximate surface area is 151 Å². The number of ether oxygens (including phenoxy) is 1. The second kappa shape index (κ2) is 7.39. The summed E-state index contributed by atoms with van der Waals surface area (Å²) < 4.78 is 5.77. The molecule has 1 amide bonds. The zero-order chi connectivity index (χ0) is 17.8. The largest absolute Gasteiger partial charge is 0.487 e. The number of aromatic amines is 1. The standard InChI is InChI=1S/C20H20N4O2/c25-20(14-7-8-15-12-22-24-19(15)10-14)23-16-5-3-6-18(11-16)26-13-17-4-1-2-9-21-17/h1-6,9,11-12,14H,7-8,10,13H2,(H,22,24)(H,23,25)/t14-/m0/s1. The molecule has 3 aromatic rings. The molecule has 1 aromatic carbocycles. The van der Waals surface area contributed by atoms with Gasteiger partial charge < -0.3 is 10.1 Å². The second-order valence-electron chi connectivity index (χ2n) is 6.44. The quantitative estimate of drug-likeness (QED) is 0.742. The first kappa shape index (κ1) is 16.3. The van der Waals surface area contributed by atoms with Crippen LogP contribution in [0.4, 0.5) is 5.69 Å². The van der Waals surface area contributed by atoms with E-state index in [9.17, 15) is 4.79 Å². The average molecular weight is 348 g/mol. The molecule has 0 radical (unpaired) electrons. The predicted octanol–water partition coefficient (Wildman–Crippen LogP) is 3.13. The summed E-state index contributed by atoms with van der Waals surface area (Å²) in [4.78, 5) is 16.8. The molecule has 6 nitrogen and oxygen atoms in total. The molecule has 4 rings (SSSR count). The van der Waals surface area contributed by atoms with Crippen LogP contribution in [0.3, 0.4) is 0 Å². The van der Waals surface area contributed by atoms with E-state index in [-0.39, 0.29) is 11.8 Å². The minimum absolute atomic E-state index is 0.0344. The van der Waals surface area contributed by atoms with Gasteiger partial charge in [0, 0.05) is 36.0 Å². The van der Waals surface area contributed by atoms with Crippen molar-refractivity contribution in [2.24, 2.45) is 5.92 Å². The van der Waals surface area contributed by atoms with Gasteiger partial charge in [-0.2, -0.15) is 5.10 Å². The van der Waals surface area contributed by atoms with Gasteiger partial charge in [0.25, 0.3) is 0 Å². The van der Waals surface area contributed by atoms with Crippen molar-refractivity contribution in [3.05, 3.63) is 71.8 Å². The van der Waals surface area contributed by atoms with Crippen LogP contribution in [-0.4, -0.2) is 21.1 Å². The van der Waals surface area contributed by atoms with E-state index in [1.807, 2.05) is 48.7 Å². The number of carbonyl (C=O) groups excluding carboxylic acids is 1.